The molecule has 0 amide bonds. The van der Waals surface area contributed by atoms with Gasteiger partial charge in [-0.1, -0.05) is 11.8 Å². The molecule has 2 aromatic heterocycles. The van der Waals surface area contributed by atoms with Crippen LogP contribution in [0.2, 0.25) is 0 Å². The van der Waals surface area contributed by atoms with Crippen LogP contribution in [0.1, 0.15) is 23.2 Å². The minimum absolute atomic E-state index is 0.502. The van der Waals surface area contributed by atoms with Crippen molar-refractivity contribution >= 4 is 5.82 Å². The molecular weight excluding hydrogens is 250 g/mol. The Hall–Kier alpha value is -2.79. The van der Waals surface area contributed by atoms with E-state index >= 15 is 0 Å². The van der Waals surface area contributed by atoms with E-state index in [9.17, 15) is 0 Å². The molecule has 5 heteroatoms. The Morgan fingerprint density at radius 2 is 2.45 bits per heavy atom. The standard InChI is InChI=1S/C15H13N5/c1-11-12(4-2-7-16)10-20(19-11)14-6-9-18-15-13(14)5-3-8-17-15/h6,9-10H,2,4,8H2,1H3,(H,17,18). The zero-order valence-corrected chi connectivity index (χ0v) is 11.1. The Kier molecular flexibility index (Phi) is 3.10. The first-order valence-corrected chi connectivity index (χ1v) is 6.44. The third-order valence-electron chi connectivity index (χ3n) is 3.24. The zero-order valence-electron chi connectivity index (χ0n) is 11.1. The number of aryl methyl sites for hydroxylation is 2. The molecule has 5 nitrogen and oxygen atoms in total. The van der Waals surface area contributed by atoms with Gasteiger partial charge in [-0.15, -0.1) is 0 Å². The summed E-state index contributed by atoms with van der Waals surface area (Å²) < 4.78 is 1.82. The van der Waals surface area contributed by atoms with E-state index in [1.165, 1.54) is 0 Å². The molecule has 3 rings (SSSR count). The predicted octanol–water partition coefficient (Wildman–Crippen LogP) is 1.81. The summed E-state index contributed by atoms with van der Waals surface area (Å²) in [6.45, 7) is 2.58. The molecule has 1 N–H and O–H groups in total. The Labute approximate surface area is 117 Å². The fraction of sp³-hybridized carbons (Fsp3) is 0.267. The fourth-order valence-corrected chi connectivity index (χ4v) is 2.22. The quantitative estimate of drug-likeness (QED) is 0.858. The smallest absolute Gasteiger partial charge is 0.144 e. The number of hydrogen-bond donors (Lipinski definition) is 1. The summed E-state index contributed by atoms with van der Waals surface area (Å²) in [5.74, 6) is 6.93. The van der Waals surface area contributed by atoms with Crippen molar-refractivity contribution in [2.24, 2.45) is 0 Å². The second-order valence-electron chi connectivity index (χ2n) is 4.55. The van der Waals surface area contributed by atoms with Gasteiger partial charge >= 0.3 is 0 Å². The van der Waals surface area contributed by atoms with Crippen LogP contribution < -0.4 is 5.32 Å². The molecule has 0 radical (unpaired) electrons. The molecule has 98 valence electrons. The SMILES string of the molecule is Cc1nn(-c2ccnc3c2C#CCN3)cc1CCC#N. The molecule has 0 aromatic carbocycles. The van der Waals surface area contributed by atoms with Gasteiger partial charge in [0.1, 0.15) is 5.82 Å². The maximum absolute atomic E-state index is 8.69. The number of fused-ring (bicyclic) bond motifs is 1. The van der Waals surface area contributed by atoms with Crippen LogP contribution in [0.4, 0.5) is 5.82 Å². The van der Waals surface area contributed by atoms with Gasteiger partial charge in [-0.25, -0.2) is 9.67 Å². The van der Waals surface area contributed by atoms with E-state index in [0.29, 0.717) is 13.0 Å². The van der Waals surface area contributed by atoms with Crippen LogP contribution in [0.15, 0.2) is 18.5 Å². The Bertz CT molecular complexity index is 755. The summed E-state index contributed by atoms with van der Waals surface area (Å²) in [7, 11) is 0. The van der Waals surface area contributed by atoms with Crippen LogP contribution in [0.3, 0.4) is 0 Å². The van der Waals surface area contributed by atoms with Crippen molar-refractivity contribution in [3.63, 3.8) is 0 Å². The molecule has 0 aliphatic carbocycles. The molecule has 2 aromatic rings. The van der Waals surface area contributed by atoms with E-state index in [-0.39, 0.29) is 0 Å². The second-order valence-corrected chi connectivity index (χ2v) is 4.55. The average Bonchev–Trinajstić information content (AvgIpc) is 2.85. The lowest BCUT2D eigenvalue weighted by Gasteiger charge is -2.12. The zero-order chi connectivity index (χ0) is 13.9. The Morgan fingerprint density at radius 3 is 3.30 bits per heavy atom. The van der Waals surface area contributed by atoms with Crippen molar-refractivity contribution in [3.8, 4) is 23.6 Å². The van der Waals surface area contributed by atoms with Crippen LogP contribution in [-0.2, 0) is 6.42 Å². The summed E-state index contributed by atoms with van der Waals surface area (Å²) in [6, 6.07) is 4.07. The molecule has 0 saturated carbocycles. The Balaban J connectivity index is 2.04. The van der Waals surface area contributed by atoms with Gasteiger partial charge in [-0.3, -0.25) is 0 Å². The van der Waals surface area contributed by atoms with Crippen LogP contribution in [0, 0.1) is 30.1 Å². The van der Waals surface area contributed by atoms with Crippen molar-refractivity contribution in [2.45, 2.75) is 19.8 Å². The van der Waals surface area contributed by atoms with Crippen molar-refractivity contribution < 1.29 is 0 Å². The molecule has 0 atom stereocenters. The van der Waals surface area contributed by atoms with Gasteiger partial charge in [-0.2, -0.15) is 10.4 Å². The third-order valence-corrected chi connectivity index (χ3v) is 3.24. The minimum atomic E-state index is 0.502. The van der Waals surface area contributed by atoms with Gasteiger partial charge in [-0.05, 0) is 25.0 Å². The number of nitriles is 1. The van der Waals surface area contributed by atoms with Gasteiger partial charge in [0.15, 0.2) is 0 Å². The van der Waals surface area contributed by atoms with Gasteiger partial charge in [0.2, 0.25) is 0 Å². The van der Waals surface area contributed by atoms with Gasteiger partial charge in [0.05, 0.1) is 29.6 Å². The van der Waals surface area contributed by atoms with E-state index in [2.05, 4.69) is 33.3 Å². The van der Waals surface area contributed by atoms with Crippen LogP contribution >= 0.6 is 0 Å². The fourth-order valence-electron chi connectivity index (χ4n) is 2.22. The number of pyridine rings is 1. The molecule has 0 spiro atoms. The van der Waals surface area contributed by atoms with E-state index < -0.39 is 0 Å². The Morgan fingerprint density at radius 1 is 1.55 bits per heavy atom. The van der Waals surface area contributed by atoms with E-state index in [1.54, 1.807) is 6.20 Å². The van der Waals surface area contributed by atoms with Crippen molar-refractivity contribution in [2.75, 3.05) is 11.9 Å². The molecule has 0 bridgehead atoms. The number of aromatic nitrogens is 3. The highest BCUT2D eigenvalue weighted by Gasteiger charge is 2.14. The maximum Gasteiger partial charge on any atom is 0.144 e. The monoisotopic (exact) mass is 263 g/mol. The normalized spacial score (nSPS) is 11.8. The van der Waals surface area contributed by atoms with Crippen molar-refractivity contribution in [1.82, 2.24) is 14.8 Å². The molecule has 3 heterocycles. The first-order chi connectivity index (χ1) is 9.79. The lowest BCUT2D eigenvalue weighted by atomic mass is 10.1. The molecule has 1 aliphatic heterocycles. The maximum atomic E-state index is 8.69. The number of hydrogen-bond acceptors (Lipinski definition) is 4. The summed E-state index contributed by atoms with van der Waals surface area (Å²) in [4.78, 5) is 4.29. The first-order valence-electron chi connectivity index (χ1n) is 6.44. The van der Waals surface area contributed by atoms with E-state index in [0.717, 1.165) is 34.7 Å². The summed E-state index contributed by atoms with van der Waals surface area (Å²) >= 11 is 0. The van der Waals surface area contributed by atoms with E-state index in [4.69, 9.17) is 5.26 Å². The molecular formula is C15H13N5. The third kappa shape index (κ3) is 2.10. The van der Waals surface area contributed by atoms with Gasteiger partial charge < -0.3 is 5.32 Å². The molecule has 0 fully saturated rings. The average molecular weight is 263 g/mol. The summed E-state index contributed by atoms with van der Waals surface area (Å²) in [5.41, 5.74) is 3.82. The first kappa shape index (κ1) is 12.3. The van der Waals surface area contributed by atoms with Crippen molar-refractivity contribution in [1.29, 1.82) is 5.26 Å². The van der Waals surface area contributed by atoms with Gasteiger partial charge in [0, 0.05) is 18.8 Å². The number of anilines is 1. The number of rotatable bonds is 3. The minimum Gasteiger partial charge on any atom is -0.358 e. The highest BCUT2D eigenvalue weighted by Crippen LogP contribution is 2.22. The van der Waals surface area contributed by atoms with E-state index in [1.807, 2.05) is 23.9 Å². The highest BCUT2D eigenvalue weighted by atomic mass is 15.3. The molecule has 1 aliphatic rings. The molecule has 20 heavy (non-hydrogen) atoms. The van der Waals surface area contributed by atoms with Crippen LogP contribution in [0.5, 0.6) is 0 Å². The van der Waals surface area contributed by atoms with Gasteiger partial charge in [0.25, 0.3) is 0 Å². The van der Waals surface area contributed by atoms with Crippen molar-refractivity contribution in [3.05, 3.63) is 35.3 Å². The topological polar surface area (TPSA) is 66.5 Å². The van der Waals surface area contributed by atoms with Crippen LogP contribution in [0.25, 0.3) is 5.69 Å². The lowest BCUT2D eigenvalue weighted by Crippen LogP contribution is -2.10. The second kappa shape index (κ2) is 5.07. The largest absolute Gasteiger partial charge is 0.358 e. The predicted molar refractivity (Wildman–Crippen MR) is 75.4 cm³/mol. The highest BCUT2D eigenvalue weighted by molar-refractivity contribution is 5.66. The molecule has 0 saturated heterocycles. The van der Waals surface area contributed by atoms with Crippen LogP contribution in [-0.4, -0.2) is 21.3 Å². The number of nitrogens with one attached hydrogen (secondary N) is 1. The lowest BCUT2D eigenvalue weighted by molar-refractivity contribution is 0.857. The summed E-state index contributed by atoms with van der Waals surface area (Å²) in [6.07, 6.45) is 4.95. The summed E-state index contributed by atoms with van der Waals surface area (Å²) in [5, 5.41) is 16.4. The molecule has 0 unspecified atom stereocenters. The number of nitrogens with zero attached hydrogens (tertiary/aromatic N) is 4.